The van der Waals surface area contributed by atoms with Gasteiger partial charge < -0.3 is 5.32 Å². The minimum atomic E-state index is -0.251. The molecule has 122 valence electrons. The summed E-state index contributed by atoms with van der Waals surface area (Å²) in [6, 6.07) is 6.99. The molecule has 1 amide bonds. The van der Waals surface area contributed by atoms with Crippen molar-refractivity contribution in [2.75, 3.05) is 5.32 Å². The number of rotatable bonds is 5. The van der Waals surface area contributed by atoms with Gasteiger partial charge in [0.15, 0.2) is 0 Å². The summed E-state index contributed by atoms with van der Waals surface area (Å²) in [5.74, 6) is 0.189. The summed E-state index contributed by atoms with van der Waals surface area (Å²) in [7, 11) is 0. The number of hydrogen-bond acceptors (Lipinski definition) is 2. The summed E-state index contributed by atoms with van der Waals surface area (Å²) in [5, 5.41) is 8.27. The molecule has 4 nitrogen and oxygen atoms in total. The van der Waals surface area contributed by atoms with E-state index >= 15 is 0 Å². The number of benzene rings is 1. The van der Waals surface area contributed by atoms with Crippen LogP contribution in [0.25, 0.3) is 6.08 Å². The van der Waals surface area contributed by atoms with E-state index < -0.39 is 0 Å². The number of carbonyl (C=O) groups is 1. The monoisotopic (exact) mass is 351 g/mol. The Morgan fingerprint density at radius 2 is 2.13 bits per heavy atom. The van der Waals surface area contributed by atoms with Gasteiger partial charge in [-0.25, -0.2) is 0 Å². The third kappa shape index (κ3) is 4.85. The predicted molar refractivity (Wildman–Crippen MR) is 95.9 cm³/mol. The van der Waals surface area contributed by atoms with Crippen LogP contribution in [0.4, 0.5) is 5.69 Å². The number of aryl methyl sites for hydroxylation is 1. The van der Waals surface area contributed by atoms with Crippen molar-refractivity contribution < 1.29 is 4.79 Å². The van der Waals surface area contributed by atoms with Crippen LogP contribution in [-0.4, -0.2) is 15.7 Å². The van der Waals surface area contributed by atoms with Crippen molar-refractivity contribution >= 4 is 40.9 Å². The van der Waals surface area contributed by atoms with E-state index in [1.165, 1.54) is 6.08 Å². The van der Waals surface area contributed by atoms with Gasteiger partial charge in [0.05, 0.1) is 5.69 Å². The summed E-state index contributed by atoms with van der Waals surface area (Å²) in [4.78, 5) is 12.0. The quantitative estimate of drug-likeness (QED) is 0.786. The Kier molecular flexibility index (Phi) is 5.85. The van der Waals surface area contributed by atoms with Crippen LogP contribution in [0.15, 0.2) is 30.3 Å². The van der Waals surface area contributed by atoms with Crippen LogP contribution >= 0.6 is 23.2 Å². The molecular weight excluding hydrogens is 333 g/mol. The molecule has 0 aliphatic heterocycles. The van der Waals surface area contributed by atoms with E-state index in [9.17, 15) is 4.79 Å². The zero-order valence-electron chi connectivity index (χ0n) is 13.3. The molecular formula is C17H19Cl2N3O. The summed E-state index contributed by atoms with van der Waals surface area (Å²) in [6.07, 6.45) is 3.12. The van der Waals surface area contributed by atoms with Gasteiger partial charge in [-0.15, -0.1) is 0 Å². The van der Waals surface area contributed by atoms with Gasteiger partial charge in [-0.2, -0.15) is 5.10 Å². The van der Waals surface area contributed by atoms with Gasteiger partial charge in [0, 0.05) is 28.9 Å². The maximum Gasteiger partial charge on any atom is 0.248 e. The number of halogens is 2. The van der Waals surface area contributed by atoms with Crippen LogP contribution < -0.4 is 5.32 Å². The molecule has 6 heteroatoms. The predicted octanol–water partition coefficient (Wildman–Crippen LogP) is 4.81. The molecule has 1 N–H and O–H groups in total. The first-order chi connectivity index (χ1) is 10.9. The molecule has 0 radical (unpaired) electrons. The Balaban J connectivity index is 2.10. The zero-order chi connectivity index (χ0) is 17.0. The Morgan fingerprint density at radius 1 is 1.39 bits per heavy atom. The molecule has 1 aromatic heterocycles. The average Bonchev–Trinajstić information content (AvgIpc) is 2.70. The standard InChI is InChI=1S/C17H19Cl2N3O/c1-11(2)10-22-17(19)15(12(3)21-22)7-8-16(23)20-14-6-4-5-13(18)9-14/h4-9,11H,10H2,1-3H3,(H,20,23)/b8-7+. The summed E-state index contributed by atoms with van der Waals surface area (Å²) in [5.41, 5.74) is 2.20. The lowest BCUT2D eigenvalue weighted by Gasteiger charge is -2.05. The fourth-order valence-electron chi connectivity index (χ4n) is 2.13. The number of nitrogens with zero attached hydrogens (tertiary/aromatic N) is 2. The topological polar surface area (TPSA) is 46.9 Å². The van der Waals surface area contributed by atoms with Gasteiger partial charge in [-0.05, 0) is 37.1 Å². The van der Waals surface area contributed by atoms with Crippen LogP contribution in [-0.2, 0) is 11.3 Å². The molecule has 23 heavy (non-hydrogen) atoms. The first-order valence-electron chi connectivity index (χ1n) is 7.34. The maximum absolute atomic E-state index is 12.0. The molecule has 0 saturated carbocycles. The number of amides is 1. The molecule has 1 heterocycles. The maximum atomic E-state index is 12.0. The van der Waals surface area contributed by atoms with Crippen molar-refractivity contribution in [3.05, 3.63) is 51.8 Å². The highest BCUT2D eigenvalue weighted by Crippen LogP contribution is 2.22. The van der Waals surface area contributed by atoms with Crippen LogP contribution in [0.5, 0.6) is 0 Å². The van der Waals surface area contributed by atoms with Crippen molar-refractivity contribution in [2.24, 2.45) is 5.92 Å². The average molecular weight is 352 g/mol. The second kappa shape index (κ2) is 7.66. The van der Waals surface area contributed by atoms with Gasteiger partial charge in [0.1, 0.15) is 5.15 Å². The van der Waals surface area contributed by atoms with E-state index in [4.69, 9.17) is 23.2 Å². The van der Waals surface area contributed by atoms with Crippen LogP contribution in [0, 0.1) is 12.8 Å². The van der Waals surface area contributed by atoms with E-state index in [1.807, 2.05) is 6.92 Å². The fraction of sp³-hybridized carbons (Fsp3) is 0.294. The van der Waals surface area contributed by atoms with Crippen molar-refractivity contribution in [2.45, 2.75) is 27.3 Å². The molecule has 0 atom stereocenters. The van der Waals surface area contributed by atoms with Gasteiger partial charge in [0.2, 0.25) is 5.91 Å². The van der Waals surface area contributed by atoms with Crippen molar-refractivity contribution in [1.82, 2.24) is 9.78 Å². The van der Waals surface area contributed by atoms with E-state index in [0.29, 0.717) is 21.8 Å². The van der Waals surface area contributed by atoms with Crippen molar-refractivity contribution in [3.8, 4) is 0 Å². The first-order valence-corrected chi connectivity index (χ1v) is 8.10. The molecule has 0 saturated heterocycles. The highest BCUT2D eigenvalue weighted by molar-refractivity contribution is 6.31. The lowest BCUT2D eigenvalue weighted by atomic mass is 10.2. The van der Waals surface area contributed by atoms with Crippen LogP contribution in [0.3, 0.4) is 0 Å². The van der Waals surface area contributed by atoms with Gasteiger partial charge in [0.25, 0.3) is 0 Å². The second-order valence-electron chi connectivity index (χ2n) is 5.70. The molecule has 0 unspecified atom stereocenters. The molecule has 0 aliphatic rings. The third-order valence-electron chi connectivity index (χ3n) is 3.14. The van der Waals surface area contributed by atoms with E-state index in [0.717, 1.165) is 17.8 Å². The summed E-state index contributed by atoms with van der Waals surface area (Å²) < 4.78 is 1.76. The van der Waals surface area contributed by atoms with Gasteiger partial charge >= 0.3 is 0 Å². The zero-order valence-corrected chi connectivity index (χ0v) is 14.8. The summed E-state index contributed by atoms with van der Waals surface area (Å²) in [6.45, 7) is 6.81. The fourth-order valence-corrected chi connectivity index (χ4v) is 2.63. The van der Waals surface area contributed by atoms with Crippen LogP contribution in [0.2, 0.25) is 10.2 Å². The van der Waals surface area contributed by atoms with Gasteiger partial charge in [-0.3, -0.25) is 9.48 Å². The number of hydrogen-bond donors (Lipinski definition) is 1. The Bertz CT molecular complexity index is 735. The smallest absolute Gasteiger partial charge is 0.248 e. The number of carbonyl (C=O) groups excluding carboxylic acids is 1. The normalized spacial score (nSPS) is 11.4. The van der Waals surface area contributed by atoms with E-state index in [1.54, 1.807) is 35.0 Å². The second-order valence-corrected chi connectivity index (χ2v) is 6.49. The number of anilines is 1. The molecule has 0 bridgehead atoms. The number of nitrogens with one attached hydrogen (secondary N) is 1. The van der Waals surface area contributed by atoms with E-state index in [2.05, 4.69) is 24.3 Å². The summed E-state index contributed by atoms with van der Waals surface area (Å²) >= 11 is 12.2. The highest BCUT2D eigenvalue weighted by Gasteiger charge is 2.12. The Hall–Kier alpha value is -1.78. The minimum Gasteiger partial charge on any atom is -0.322 e. The minimum absolute atomic E-state index is 0.251. The van der Waals surface area contributed by atoms with E-state index in [-0.39, 0.29) is 5.91 Å². The highest BCUT2D eigenvalue weighted by atomic mass is 35.5. The molecule has 0 fully saturated rings. The van der Waals surface area contributed by atoms with Crippen molar-refractivity contribution in [3.63, 3.8) is 0 Å². The first kappa shape index (κ1) is 17.6. The molecule has 0 aliphatic carbocycles. The van der Waals surface area contributed by atoms with Crippen LogP contribution in [0.1, 0.15) is 25.1 Å². The van der Waals surface area contributed by atoms with Gasteiger partial charge in [-0.1, -0.05) is 43.1 Å². The molecule has 2 rings (SSSR count). The third-order valence-corrected chi connectivity index (χ3v) is 3.77. The SMILES string of the molecule is Cc1nn(CC(C)C)c(Cl)c1/C=C/C(=O)Nc1cccc(Cl)c1. The lowest BCUT2D eigenvalue weighted by Crippen LogP contribution is -2.07. The largest absolute Gasteiger partial charge is 0.322 e. The Labute approximate surface area is 146 Å². The lowest BCUT2D eigenvalue weighted by molar-refractivity contribution is -0.111. The number of aromatic nitrogens is 2. The molecule has 0 spiro atoms. The molecule has 2 aromatic rings. The molecule has 1 aromatic carbocycles. The Morgan fingerprint density at radius 3 is 2.78 bits per heavy atom. The van der Waals surface area contributed by atoms with Crippen molar-refractivity contribution in [1.29, 1.82) is 0 Å².